The van der Waals surface area contributed by atoms with Crippen LogP contribution in [0, 0.1) is 0 Å². The summed E-state index contributed by atoms with van der Waals surface area (Å²) in [6, 6.07) is 10.7. The molecule has 2 aromatic rings. The monoisotopic (exact) mass is 307 g/mol. The van der Waals surface area contributed by atoms with Gasteiger partial charge in [-0.05, 0) is 30.3 Å². The zero-order valence-electron chi connectivity index (χ0n) is 10.7. The molecule has 6 heteroatoms. The molecule has 1 heterocycles. The fraction of sp³-hybridized carbons (Fsp3) is 0.143. The number of hydrogen-bond donors (Lipinski definition) is 2. The number of anilines is 2. The molecule has 2 rings (SSSR count). The molecule has 4 nitrogen and oxygen atoms in total. The van der Waals surface area contributed by atoms with Gasteiger partial charge in [0.25, 0.3) is 0 Å². The van der Waals surface area contributed by atoms with E-state index in [1.54, 1.807) is 36.2 Å². The van der Waals surface area contributed by atoms with E-state index in [1.165, 1.54) is 0 Å². The summed E-state index contributed by atoms with van der Waals surface area (Å²) in [6.07, 6.45) is 2.14. The SMILES string of the molecule is Nc1cc(NC(=O)CCSc2ccccn2)ccc1Cl. The average Bonchev–Trinajstić information content (AvgIpc) is 2.44. The van der Waals surface area contributed by atoms with E-state index in [-0.39, 0.29) is 5.91 Å². The van der Waals surface area contributed by atoms with E-state index in [0.29, 0.717) is 28.6 Å². The molecule has 0 unspecified atom stereocenters. The standard InChI is InChI=1S/C14H14ClN3OS/c15-11-5-4-10(9-12(11)16)18-13(19)6-8-20-14-3-1-2-7-17-14/h1-5,7,9H,6,8,16H2,(H,18,19). The molecule has 0 aliphatic rings. The first-order chi connectivity index (χ1) is 9.65. The van der Waals surface area contributed by atoms with Crippen LogP contribution in [0.15, 0.2) is 47.6 Å². The maximum Gasteiger partial charge on any atom is 0.225 e. The number of hydrogen-bond acceptors (Lipinski definition) is 4. The quantitative estimate of drug-likeness (QED) is 0.656. The summed E-state index contributed by atoms with van der Waals surface area (Å²) in [4.78, 5) is 16.0. The fourth-order valence-corrected chi connectivity index (χ4v) is 2.45. The molecule has 3 N–H and O–H groups in total. The van der Waals surface area contributed by atoms with Crippen LogP contribution in [0.1, 0.15) is 6.42 Å². The van der Waals surface area contributed by atoms with E-state index in [1.807, 2.05) is 18.2 Å². The minimum Gasteiger partial charge on any atom is -0.397 e. The second-order valence-electron chi connectivity index (χ2n) is 4.05. The lowest BCUT2D eigenvalue weighted by Crippen LogP contribution is -2.12. The summed E-state index contributed by atoms with van der Waals surface area (Å²) in [6.45, 7) is 0. The first-order valence-corrected chi connectivity index (χ1v) is 7.40. The lowest BCUT2D eigenvalue weighted by molar-refractivity contribution is -0.115. The van der Waals surface area contributed by atoms with Crippen LogP contribution in [0.25, 0.3) is 0 Å². The van der Waals surface area contributed by atoms with Crippen molar-refractivity contribution < 1.29 is 4.79 Å². The van der Waals surface area contributed by atoms with Crippen LogP contribution in [0.4, 0.5) is 11.4 Å². The van der Waals surface area contributed by atoms with Gasteiger partial charge in [-0.3, -0.25) is 4.79 Å². The highest BCUT2D eigenvalue weighted by atomic mass is 35.5. The number of thioether (sulfide) groups is 1. The highest BCUT2D eigenvalue weighted by Crippen LogP contribution is 2.22. The number of nitrogens with two attached hydrogens (primary N) is 1. The van der Waals surface area contributed by atoms with Gasteiger partial charge in [0.15, 0.2) is 0 Å². The Morgan fingerprint density at radius 3 is 2.90 bits per heavy atom. The predicted octanol–water partition coefficient (Wildman–Crippen LogP) is 3.44. The van der Waals surface area contributed by atoms with Gasteiger partial charge >= 0.3 is 0 Å². The molecule has 0 spiro atoms. The number of benzene rings is 1. The number of rotatable bonds is 5. The van der Waals surface area contributed by atoms with E-state index in [9.17, 15) is 4.79 Å². The molecule has 0 bridgehead atoms. The maximum absolute atomic E-state index is 11.8. The van der Waals surface area contributed by atoms with Gasteiger partial charge in [0.2, 0.25) is 5.91 Å². The number of nitrogen functional groups attached to an aromatic ring is 1. The number of nitrogens with one attached hydrogen (secondary N) is 1. The van der Waals surface area contributed by atoms with Crippen LogP contribution < -0.4 is 11.1 Å². The highest BCUT2D eigenvalue weighted by Gasteiger charge is 2.05. The van der Waals surface area contributed by atoms with Crippen molar-refractivity contribution >= 4 is 40.6 Å². The average molecular weight is 308 g/mol. The van der Waals surface area contributed by atoms with E-state index >= 15 is 0 Å². The van der Waals surface area contributed by atoms with Gasteiger partial charge in [-0.25, -0.2) is 4.98 Å². The van der Waals surface area contributed by atoms with Gasteiger partial charge in [0.1, 0.15) is 0 Å². The van der Waals surface area contributed by atoms with Crippen LogP contribution in [0.2, 0.25) is 5.02 Å². The van der Waals surface area contributed by atoms with E-state index < -0.39 is 0 Å². The minimum atomic E-state index is -0.0600. The van der Waals surface area contributed by atoms with Gasteiger partial charge < -0.3 is 11.1 Å². The first kappa shape index (κ1) is 14.7. The molecule has 0 fully saturated rings. The van der Waals surface area contributed by atoms with Crippen molar-refractivity contribution in [1.29, 1.82) is 0 Å². The molecule has 0 radical (unpaired) electrons. The maximum atomic E-state index is 11.8. The van der Waals surface area contributed by atoms with Crippen molar-refractivity contribution in [1.82, 2.24) is 4.98 Å². The summed E-state index contributed by atoms with van der Waals surface area (Å²) >= 11 is 7.37. The lowest BCUT2D eigenvalue weighted by Gasteiger charge is -2.06. The first-order valence-electron chi connectivity index (χ1n) is 6.04. The Bertz CT molecular complexity index is 592. The number of carbonyl (C=O) groups is 1. The Kier molecular flexibility index (Phi) is 5.26. The third-order valence-electron chi connectivity index (χ3n) is 2.50. The van der Waals surface area contributed by atoms with Gasteiger partial charge in [0, 0.05) is 24.1 Å². The summed E-state index contributed by atoms with van der Waals surface area (Å²) < 4.78 is 0. The Hall–Kier alpha value is -1.72. The molecule has 0 saturated carbocycles. The molecule has 104 valence electrons. The van der Waals surface area contributed by atoms with Gasteiger partial charge in [-0.1, -0.05) is 17.7 Å². The zero-order chi connectivity index (χ0) is 14.4. The van der Waals surface area contributed by atoms with Crippen LogP contribution in [-0.4, -0.2) is 16.6 Å². The predicted molar refractivity (Wildman–Crippen MR) is 84.1 cm³/mol. The summed E-state index contributed by atoms with van der Waals surface area (Å²) in [5, 5.41) is 4.18. The summed E-state index contributed by atoms with van der Waals surface area (Å²) in [7, 11) is 0. The molecular formula is C14H14ClN3OS. The second-order valence-corrected chi connectivity index (χ2v) is 5.57. The Balaban J connectivity index is 1.79. The van der Waals surface area contributed by atoms with Crippen molar-refractivity contribution in [3.8, 4) is 0 Å². The number of pyridine rings is 1. The van der Waals surface area contributed by atoms with Crippen LogP contribution in [-0.2, 0) is 4.79 Å². The Morgan fingerprint density at radius 2 is 2.20 bits per heavy atom. The molecule has 1 aromatic heterocycles. The molecular weight excluding hydrogens is 294 g/mol. The topological polar surface area (TPSA) is 68.0 Å². The highest BCUT2D eigenvalue weighted by molar-refractivity contribution is 7.99. The summed E-state index contributed by atoms with van der Waals surface area (Å²) in [5.41, 5.74) is 6.78. The van der Waals surface area contributed by atoms with E-state index in [4.69, 9.17) is 17.3 Å². The van der Waals surface area contributed by atoms with Crippen LogP contribution in [0.3, 0.4) is 0 Å². The number of amides is 1. The summed E-state index contributed by atoms with van der Waals surface area (Å²) in [5.74, 6) is 0.612. The van der Waals surface area contributed by atoms with E-state index in [2.05, 4.69) is 10.3 Å². The fourth-order valence-electron chi connectivity index (χ4n) is 1.53. The van der Waals surface area contributed by atoms with Crippen molar-refractivity contribution in [3.05, 3.63) is 47.6 Å². The molecule has 1 aromatic carbocycles. The van der Waals surface area contributed by atoms with Crippen LogP contribution >= 0.6 is 23.4 Å². The van der Waals surface area contributed by atoms with Crippen LogP contribution in [0.5, 0.6) is 0 Å². The molecule has 0 saturated heterocycles. The number of aromatic nitrogens is 1. The second kappa shape index (κ2) is 7.17. The smallest absolute Gasteiger partial charge is 0.225 e. The third-order valence-corrected chi connectivity index (χ3v) is 3.79. The molecule has 0 aliphatic heterocycles. The third kappa shape index (κ3) is 4.43. The lowest BCUT2D eigenvalue weighted by atomic mass is 10.2. The number of halogens is 1. The van der Waals surface area contributed by atoms with Gasteiger partial charge in [-0.15, -0.1) is 11.8 Å². The molecule has 0 aliphatic carbocycles. The number of nitrogens with zero attached hydrogens (tertiary/aromatic N) is 1. The van der Waals surface area contributed by atoms with Crippen molar-refractivity contribution in [2.45, 2.75) is 11.4 Å². The molecule has 20 heavy (non-hydrogen) atoms. The van der Waals surface area contributed by atoms with E-state index in [0.717, 1.165) is 5.03 Å². The van der Waals surface area contributed by atoms with Gasteiger partial charge in [0.05, 0.1) is 15.7 Å². The molecule has 1 amide bonds. The Morgan fingerprint density at radius 1 is 1.35 bits per heavy atom. The minimum absolute atomic E-state index is 0.0600. The van der Waals surface area contributed by atoms with Crippen molar-refractivity contribution in [2.75, 3.05) is 16.8 Å². The Labute approximate surface area is 126 Å². The van der Waals surface area contributed by atoms with Crippen molar-refractivity contribution in [2.24, 2.45) is 0 Å². The normalized spacial score (nSPS) is 10.2. The largest absolute Gasteiger partial charge is 0.397 e. The number of carbonyl (C=O) groups excluding carboxylic acids is 1. The van der Waals surface area contributed by atoms with Gasteiger partial charge in [-0.2, -0.15) is 0 Å². The molecule has 0 atom stereocenters. The van der Waals surface area contributed by atoms with Crippen molar-refractivity contribution in [3.63, 3.8) is 0 Å². The zero-order valence-corrected chi connectivity index (χ0v) is 12.2.